The Morgan fingerprint density at radius 2 is 2.04 bits per heavy atom. The van der Waals surface area contributed by atoms with E-state index in [-0.39, 0.29) is 11.8 Å². The quantitative estimate of drug-likeness (QED) is 0.736. The third kappa shape index (κ3) is 5.27. The molecular formula is C18H25F3N2O3. The largest absolute Gasteiger partial charge is 0.497 e. The molecule has 1 fully saturated rings. The van der Waals surface area contributed by atoms with Gasteiger partial charge >= 0.3 is 6.18 Å². The standard InChI is InChI=1S/C18H25F3N2O3/c1-4-22(12-18(19,20)21)10-13-7-8-23(11-13)17(24)15-9-14(25-2)5-6-16(15)26-3/h5-6,9,13H,4,7-8,10-12H2,1-3H3/t13-/m0/s1. The molecular weight excluding hydrogens is 349 g/mol. The van der Waals surface area contributed by atoms with Crippen molar-refractivity contribution in [3.8, 4) is 11.5 Å². The van der Waals surface area contributed by atoms with Crippen molar-refractivity contribution in [2.45, 2.75) is 19.5 Å². The van der Waals surface area contributed by atoms with Gasteiger partial charge in [0.25, 0.3) is 5.91 Å². The summed E-state index contributed by atoms with van der Waals surface area (Å²) < 4.78 is 48.3. The molecule has 0 saturated carbocycles. The minimum Gasteiger partial charge on any atom is -0.497 e. The first-order valence-corrected chi connectivity index (χ1v) is 8.57. The summed E-state index contributed by atoms with van der Waals surface area (Å²) >= 11 is 0. The van der Waals surface area contributed by atoms with E-state index in [1.165, 1.54) is 19.1 Å². The van der Waals surface area contributed by atoms with Crippen LogP contribution in [0.5, 0.6) is 11.5 Å². The number of hydrogen-bond donors (Lipinski definition) is 0. The van der Waals surface area contributed by atoms with Gasteiger partial charge in [-0.1, -0.05) is 6.92 Å². The van der Waals surface area contributed by atoms with Crippen molar-refractivity contribution in [2.24, 2.45) is 5.92 Å². The van der Waals surface area contributed by atoms with Gasteiger partial charge in [-0.25, -0.2) is 0 Å². The molecule has 5 nitrogen and oxygen atoms in total. The lowest BCUT2D eigenvalue weighted by Gasteiger charge is -2.25. The molecule has 1 heterocycles. The van der Waals surface area contributed by atoms with Crippen molar-refractivity contribution in [1.82, 2.24) is 9.80 Å². The maximum Gasteiger partial charge on any atom is 0.401 e. The topological polar surface area (TPSA) is 42.0 Å². The molecule has 0 aliphatic carbocycles. The van der Waals surface area contributed by atoms with Gasteiger partial charge in [-0.3, -0.25) is 9.69 Å². The molecule has 1 aromatic rings. The van der Waals surface area contributed by atoms with Crippen LogP contribution in [0.1, 0.15) is 23.7 Å². The zero-order valence-electron chi connectivity index (χ0n) is 15.3. The van der Waals surface area contributed by atoms with Gasteiger partial charge in [0.1, 0.15) is 11.5 Å². The molecule has 0 N–H and O–H groups in total. The molecule has 146 valence electrons. The Bertz CT molecular complexity index is 622. The van der Waals surface area contributed by atoms with Crippen LogP contribution < -0.4 is 9.47 Å². The van der Waals surface area contributed by atoms with E-state index in [4.69, 9.17) is 9.47 Å². The molecule has 1 saturated heterocycles. The van der Waals surface area contributed by atoms with E-state index in [0.29, 0.717) is 49.7 Å². The molecule has 1 aromatic carbocycles. The normalized spacial score (nSPS) is 17.7. The molecule has 26 heavy (non-hydrogen) atoms. The number of ether oxygens (including phenoxy) is 2. The number of carbonyl (C=O) groups is 1. The van der Waals surface area contributed by atoms with Crippen LogP contribution in [0.4, 0.5) is 13.2 Å². The van der Waals surface area contributed by atoms with Crippen LogP contribution in [0.25, 0.3) is 0 Å². The van der Waals surface area contributed by atoms with Crippen LogP contribution in [-0.2, 0) is 0 Å². The van der Waals surface area contributed by atoms with Crippen LogP contribution in [0.3, 0.4) is 0 Å². The van der Waals surface area contributed by atoms with Gasteiger partial charge in [0, 0.05) is 19.6 Å². The molecule has 0 spiro atoms. The van der Waals surface area contributed by atoms with E-state index < -0.39 is 12.7 Å². The molecule has 0 unspecified atom stereocenters. The SMILES string of the molecule is CCN(C[C@@H]1CCN(C(=O)c2cc(OC)ccc2OC)C1)CC(F)(F)F. The number of benzene rings is 1. The third-order valence-electron chi connectivity index (χ3n) is 4.58. The highest BCUT2D eigenvalue weighted by Gasteiger charge is 2.34. The fourth-order valence-corrected chi connectivity index (χ4v) is 3.24. The van der Waals surface area contributed by atoms with Crippen molar-refractivity contribution >= 4 is 5.91 Å². The van der Waals surface area contributed by atoms with Gasteiger partial charge in [0.2, 0.25) is 0 Å². The number of rotatable bonds is 7. The molecule has 1 amide bonds. The van der Waals surface area contributed by atoms with E-state index >= 15 is 0 Å². The number of amides is 1. The van der Waals surface area contributed by atoms with E-state index in [2.05, 4.69) is 0 Å². The zero-order valence-corrected chi connectivity index (χ0v) is 15.3. The molecule has 1 aliphatic heterocycles. The first kappa shape index (κ1) is 20.4. The third-order valence-corrected chi connectivity index (χ3v) is 4.58. The lowest BCUT2D eigenvalue weighted by atomic mass is 10.1. The van der Waals surface area contributed by atoms with Crippen molar-refractivity contribution < 1.29 is 27.4 Å². The Balaban J connectivity index is 2.03. The van der Waals surface area contributed by atoms with Crippen molar-refractivity contribution in [2.75, 3.05) is 46.9 Å². The minimum atomic E-state index is -4.21. The zero-order chi connectivity index (χ0) is 19.3. The number of halogens is 3. The fourth-order valence-electron chi connectivity index (χ4n) is 3.24. The number of nitrogens with zero attached hydrogens (tertiary/aromatic N) is 2. The highest BCUT2D eigenvalue weighted by molar-refractivity contribution is 5.97. The molecule has 1 aliphatic rings. The summed E-state index contributed by atoms with van der Waals surface area (Å²) in [6.45, 7) is 2.41. The second-order valence-electron chi connectivity index (χ2n) is 6.41. The van der Waals surface area contributed by atoms with E-state index in [1.54, 1.807) is 30.0 Å². The Morgan fingerprint density at radius 1 is 1.31 bits per heavy atom. The summed E-state index contributed by atoms with van der Waals surface area (Å²) in [6, 6.07) is 5.00. The van der Waals surface area contributed by atoms with Crippen molar-refractivity contribution in [3.63, 3.8) is 0 Å². The number of methoxy groups -OCH3 is 2. The second kappa shape index (κ2) is 8.62. The lowest BCUT2D eigenvalue weighted by molar-refractivity contribution is -0.146. The summed E-state index contributed by atoms with van der Waals surface area (Å²) in [5.74, 6) is 0.832. The molecule has 0 aromatic heterocycles. The molecule has 0 bridgehead atoms. The van der Waals surface area contributed by atoms with Crippen LogP contribution in [0, 0.1) is 5.92 Å². The van der Waals surface area contributed by atoms with Crippen LogP contribution in [-0.4, -0.2) is 68.8 Å². The highest BCUT2D eigenvalue weighted by Crippen LogP contribution is 2.28. The van der Waals surface area contributed by atoms with Crippen molar-refractivity contribution in [3.05, 3.63) is 23.8 Å². The summed E-state index contributed by atoms with van der Waals surface area (Å²) in [5.41, 5.74) is 0.398. The summed E-state index contributed by atoms with van der Waals surface area (Å²) in [4.78, 5) is 15.9. The monoisotopic (exact) mass is 374 g/mol. The van der Waals surface area contributed by atoms with Gasteiger partial charge in [-0.2, -0.15) is 13.2 Å². The Labute approximate surface area is 151 Å². The Hall–Kier alpha value is -1.96. The maximum atomic E-state index is 12.8. The molecule has 8 heteroatoms. The van der Waals surface area contributed by atoms with Gasteiger partial charge in [-0.15, -0.1) is 0 Å². The molecule has 0 radical (unpaired) electrons. The highest BCUT2D eigenvalue weighted by atomic mass is 19.4. The van der Waals surface area contributed by atoms with Crippen LogP contribution in [0.15, 0.2) is 18.2 Å². The van der Waals surface area contributed by atoms with E-state index in [1.807, 2.05) is 0 Å². The second-order valence-corrected chi connectivity index (χ2v) is 6.41. The average molecular weight is 374 g/mol. The predicted octanol–water partition coefficient (Wildman–Crippen LogP) is 3.05. The van der Waals surface area contributed by atoms with Gasteiger partial charge in [0.05, 0.1) is 26.3 Å². The van der Waals surface area contributed by atoms with Gasteiger partial charge < -0.3 is 14.4 Å². The predicted molar refractivity (Wildman–Crippen MR) is 91.7 cm³/mol. The van der Waals surface area contributed by atoms with Gasteiger partial charge in [0.15, 0.2) is 0 Å². The number of hydrogen-bond acceptors (Lipinski definition) is 4. The summed E-state index contributed by atoms with van der Waals surface area (Å²) in [7, 11) is 3.00. The van der Waals surface area contributed by atoms with Gasteiger partial charge in [-0.05, 0) is 37.1 Å². The first-order valence-electron chi connectivity index (χ1n) is 8.57. The van der Waals surface area contributed by atoms with Crippen LogP contribution in [0.2, 0.25) is 0 Å². The fraction of sp³-hybridized carbons (Fsp3) is 0.611. The Kier molecular flexibility index (Phi) is 6.75. The minimum absolute atomic E-state index is 0.0258. The number of carbonyl (C=O) groups excluding carboxylic acids is 1. The maximum absolute atomic E-state index is 12.8. The molecule has 1 atom stereocenters. The molecule has 2 rings (SSSR count). The van der Waals surface area contributed by atoms with Crippen molar-refractivity contribution in [1.29, 1.82) is 0 Å². The smallest absolute Gasteiger partial charge is 0.401 e. The Morgan fingerprint density at radius 3 is 2.62 bits per heavy atom. The number of alkyl halides is 3. The summed E-state index contributed by atoms with van der Waals surface area (Å²) in [5, 5.41) is 0. The average Bonchev–Trinajstić information content (AvgIpc) is 3.07. The summed E-state index contributed by atoms with van der Waals surface area (Å²) in [6.07, 6.45) is -3.52. The van der Waals surface area contributed by atoms with E-state index in [0.717, 1.165) is 0 Å². The van der Waals surface area contributed by atoms with E-state index in [9.17, 15) is 18.0 Å². The number of likely N-dealkylation sites (tertiary alicyclic amines) is 1. The first-order chi connectivity index (χ1) is 12.3. The lowest BCUT2D eigenvalue weighted by Crippen LogP contribution is -2.38. The van der Waals surface area contributed by atoms with Crippen LogP contribution >= 0.6 is 0 Å².